The van der Waals surface area contributed by atoms with Crippen LogP contribution in [-0.2, 0) is 11.2 Å². The number of hydrogen-bond donors (Lipinski definition) is 1. The number of methoxy groups -OCH3 is 1. The fraction of sp³-hybridized carbons (Fsp3) is 0.316. The van der Waals surface area contributed by atoms with Gasteiger partial charge in [0.2, 0.25) is 0 Å². The van der Waals surface area contributed by atoms with Gasteiger partial charge in [0.1, 0.15) is 0 Å². The Balaban J connectivity index is 1.89. The van der Waals surface area contributed by atoms with Gasteiger partial charge in [0.15, 0.2) is 0 Å². The largest absolute Gasteiger partial charge is 0.384 e. The van der Waals surface area contributed by atoms with Crippen LogP contribution in [0.25, 0.3) is 0 Å². The number of carbonyl (C=O) groups is 1. The van der Waals surface area contributed by atoms with E-state index >= 15 is 0 Å². The van der Waals surface area contributed by atoms with Crippen molar-refractivity contribution < 1.29 is 9.53 Å². The van der Waals surface area contributed by atoms with Gasteiger partial charge in [-0.3, -0.25) is 4.79 Å². The lowest BCUT2D eigenvalue weighted by Crippen LogP contribution is -2.29. The van der Waals surface area contributed by atoms with Gasteiger partial charge in [-0.05, 0) is 35.6 Å². The molecule has 1 amide bonds. The standard InChI is InChI=1S/C19H23NO2/c1-15(14-22-2)13-20-19(21)18-10-8-17(9-11-18)12-16-6-4-3-5-7-16/h3-11,15H,12-14H2,1-2H3,(H,20,21). The second-order valence-corrected chi connectivity index (χ2v) is 5.63. The molecule has 2 aromatic rings. The third kappa shape index (κ3) is 5.01. The molecule has 22 heavy (non-hydrogen) atoms. The molecule has 0 radical (unpaired) electrons. The monoisotopic (exact) mass is 297 g/mol. The predicted molar refractivity (Wildman–Crippen MR) is 89.1 cm³/mol. The van der Waals surface area contributed by atoms with E-state index in [2.05, 4.69) is 17.4 Å². The van der Waals surface area contributed by atoms with Crippen molar-refractivity contribution >= 4 is 5.91 Å². The molecule has 1 N–H and O–H groups in total. The van der Waals surface area contributed by atoms with E-state index in [1.54, 1.807) is 7.11 Å². The summed E-state index contributed by atoms with van der Waals surface area (Å²) in [4.78, 5) is 12.1. The SMILES string of the molecule is COCC(C)CNC(=O)c1ccc(Cc2ccccc2)cc1. The highest BCUT2D eigenvalue weighted by Gasteiger charge is 2.08. The number of amides is 1. The smallest absolute Gasteiger partial charge is 0.251 e. The molecule has 0 aliphatic heterocycles. The molecule has 3 nitrogen and oxygen atoms in total. The van der Waals surface area contributed by atoms with E-state index in [1.165, 1.54) is 11.1 Å². The Morgan fingerprint density at radius 2 is 1.68 bits per heavy atom. The van der Waals surface area contributed by atoms with E-state index in [-0.39, 0.29) is 5.91 Å². The first-order valence-electron chi connectivity index (χ1n) is 7.59. The summed E-state index contributed by atoms with van der Waals surface area (Å²) in [5, 5.41) is 2.93. The second kappa shape index (κ2) is 8.35. The topological polar surface area (TPSA) is 38.3 Å². The van der Waals surface area contributed by atoms with E-state index in [1.807, 2.05) is 49.4 Å². The van der Waals surface area contributed by atoms with E-state index in [4.69, 9.17) is 4.74 Å². The molecule has 0 bridgehead atoms. The van der Waals surface area contributed by atoms with Crippen molar-refractivity contribution in [3.05, 3.63) is 71.3 Å². The van der Waals surface area contributed by atoms with Crippen LogP contribution in [0.5, 0.6) is 0 Å². The molecule has 0 aliphatic carbocycles. The van der Waals surface area contributed by atoms with Crippen molar-refractivity contribution in [2.75, 3.05) is 20.3 Å². The van der Waals surface area contributed by atoms with Crippen molar-refractivity contribution in [2.24, 2.45) is 5.92 Å². The minimum atomic E-state index is -0.0331. The van der Waals surface area contributed by atoms with Crippen molar-refractivity contribution in [1.29, 1.82) is 0 Å². The molecule has 0 aliphatic rings. The normalized spacial score (nSPS) is 11.9. The van der Waals surface area contributed by atoms with Crippen LogP contribution in [0.2, 0.25) is 0 Å². The predicted octanol–water partition coefficient (Wildman–Crippen LogP) is 3.29. The van der Waals surface area contributed by atoms with Crippen molar-refractivity contribution in [3.63, 3.8) is 0 Å². The Labute approximate surface area is 132 Å². The zero-order chi connectivity index (χ0) is 15.8. The Hall–Kier alpha value is -2.13. The van der Waals surface area contributed by atoms with Crippen LogP contribution < -0.4 is 5.32 Å². The van der Waals surface area contributed by atoms with Gasteiger partial charge in [0.05, 0.1) is 6.61 Å². The molecule has 0 saturated heterocycles. The van der Waals surface area contributed by atoms with Crippen molar-refractivity contribution in [3.8, 4) is 0 Å². The van der Waals surface area contributed by atoms with Gasteiger partial charge >= 0.3 is 0 Å². The minimum absolute atomic E-state index is 0.0331. The summed E-state index contributed by atoms with van der Waals surface area (Å²) < 4.78 is 5.06. The zero-order valence-corrected chi connectivity index (χ0v) is 13.2. The fourth-order valence-electron chi connectivity index (χ4n) is 2.32. The van der Waals surface area contributed by atoms with Crippen LogP contribution in [0.15, 0.2) is 54.6 Å². The fourth-order valence-corrected chi connectivity index (χ4v) is 2.32. The van der Waals surface area contributed by atoms with Crippen molar-refractivity contribution in [1.82, 2.24) is 5.32 Å². The second-order valence-electron chi connectivity index (χ2n) is 5.63. The number of carbonyl (C=O) groups excluding carboxylic acids is 1. The van der Waals surface area contributed by atoms with Gasteiger partial charge in [-0.1, -0.05) is 49.4 Å². The maximum atomic E-state index is 12.1. The minimum Gasteiger partial charge on any atom is -0.384 e. The van der Waals surface area contributed by atoms with Crippen LogP contribution in [0.3, 0.4) is 0 Å². The van der Waals surface area contributed by atoms with Gasteiger partial charge in [-0.15, -0.1) is 0 Å². The van der Waals surface area contributed by atoms with Gasteiger partial charge in [-0.25, -0.2) is 0 Å². The number of rotatable bonds is 7. The van der Waals surface area contributed by atoms with Crippen LogP contribution in [0.1, 0.15) is 28.4 Å². The maximum absolute atomic E-state index is 12.1. The first-order chi connectivity index (χ1) is 10.7. The summed E-state index contributed by atoms with van der Waals surface area (Å²) in [6, 6.07) is 18.1. The highest BCUT2D eigenvalue weighted by Crippen LogP contribution is 2.11. The highest BCUT2D eigenvalue weighted by molar-refractivity contribution is 5.94. The maximum Gasteiger partial charge on any atom is 0.251 e. The molecule has 0 heterocycles. The lowest BCUT2D eigenvalue weighted by molar-refractivity contribution is 0.0934. The summed E-state index contributed by atoms with van der Waals surface area (Å²) in [6.07, 6.45) is 0.883. The molecule has 0 spiro atoms. The molecular formula is C19H23NO2. The Bertz CT molecular complexity index is 578. The number of nitrogens with one attached hydrogen (secondary N) is 1. The van der Waals surface area contributed by atoms with Crippen molar-refractivity contribution in [2.45, 2.75) is 13.3 Å². The molecule has 116 valence electrons. The molecule has 0 aromatic heterocycles. The molecular weight excluding hydrogens is 274 g/mol. The van der Waals surface area contributed by atoms with E-state index in [9.17, 15) is 4.79 Å². The number of ether oxygens (including phenoxy) is 1. The van der Waals surface area contributed by atoms with Crippen LogP contribution in [0, 0.1) is 5.92 Å². The molecule has 0 fully saturated rings. The Morgan fingerprint density at radius 3 is 2.32 bits per heavy atom. The number of hydrogen-bond acceptors (Lipinski definition) is 2. The van der Waals surface area contributed by atoms with E-state index < -0.39 is 0 Å². The Morgan fingerprint density at radius 1 is 1.05 bits per heavy atom. The average molecular weight is 297 g/mol. The molecule has 2 rings (SSSR count). The number of benzene rings is 2. The third-order valence-corrected chi connectivity index (χ3v) is 3.53. The summed E-state index contributed by atoms with van der Waals surface area (Å²) in [6.45, 7) is 3.32. The van der Waals surface area contributed by atoms with Gasteiger partial charge < -0.3 is 10.1 Å². The van der Waals surface area contributed by atoms with E-state index in [0.29, 0.717) is 24.6 Å². The Kier molecular flexibility index (Phi) is 6.16. The molecule has 1 unspecified atom stereocenters. The van der Waals surface area contributed by atoms with E-state index in [0.717, 1.165) is 6.42 Å². The van der Waals surface area contributed by atoms with Crippen LogP contribution in [0.4, 0.5) is 0 Å². The molecule has 2 aromatic carbocycles. The zero-order valence-electron chi connectivity index (χ0n) is 13.2. The van der Waals surface area contributed by atoms with Gasteiger partial charge in [0.25, 0.3) is 5.91 Å². The van der Waals surface area contributed by atoms with Crippen LogP contribution in [-0.4, -0.2) is 26.2 Å². The van der Waals surface area contributed by atoms with Gasteiger partial charge in [-0.2, -0.15) is 0 Å². The summed E-state index contributed by atoms with van der Waals surface area (Å²) in [7, 11) is 1.67. The van der Waals surface area contributed by atoms with Gasteiger partial charge in [0, 0.05) is 19.2 Å². The summed E-state index contributed by atoms with van der Waals surface area (Å²) in [5.74, 6) is 0.278. The summed E-state index contributed by atoms with van der Waals surface area (Å²) >= 11 is 0. The van der Waals surface area contributed by atoms with Crippen LogP contribution >= 0.6 is 0 Å². The lowest BCUT2D eigenvalue weighted by Gasteiger charge is -2.11. The molecule has 0 saturated carbocycles. The average Bonchev–Trinajstić information content (AvgIpc) is 2.54. The molecule has 3 heteroatoms. The first kappa shape index (κ1) is 16.2. The lowest BCUT2D eigenvalue weighted by atomic mass is 10.0. The molecule has 1 atom stereocenters. The summed E-state index contributed by atoms with van der Waals surface area (Å²) in [5.41, 5.74) is 3.17. The highest BCUT2D eigenvalue weighted by atomic mass is 16.5. The third-order valence-electron chi connectivity index (χ3n) is 3.53. The first-order valence-corrected chi connectivity index (χ1v) is 7.59. The quantitative estimate of drug-likeness (QED) is 0.851.